The Kier molecular flexibility index (Phi) is 4.42. The van der Waals surface area contributed by atoms with E-state index in [4.69, 9.17) is 9.47 Å². The van der Waals surface area contributed by atoms with Crippen molar-refractivity contribution in [3.8, 4) is 0 Å². The number of ether oxygens (including phenoxy) is 2. The van der Waals surface area contributed by atoms with E-state index in [0.717, 1.165) is 32.5 Å². The average Bonchev–Trinajstić information content (AvgIpc) is 2.74. The van der Waals surface area contributed by atoms with Crippen molar-refractivity contribution in [2.75, 3.05) is 26.4 Å². The van der Waals surface area contributed by atoms with Crippen LogP contribution in [0.25, 0.3) is 0 Å². The Bertz CT molecular complexity index is 239. The lowest BCUT2D eigenvalue weighted by Gasteiger charge is -2.39. The van der Waals surface area contributed by atoms with Gasteiger partial charge in [-0.2, -0.15) is 0 Å². The summed E-state index contributed by atoms with van der Waals surface area (Å²) in [5.74, 6) is 0.344. The monoisotopic (exact) mass is 243 g/mol. The van der Waals surface area contributed by atoms with E-state index in [1.807, 2.05) is 0 Å². The lowest BCUT2D eigenvalue weighted by atomic mass is 9.82. The van der Waals surface area contributed by atoms with E-state index < -0.39 is 0 Å². The van der Waals surface area contributed by atoms with Gasteiger partial charge in [-0.25, -0.2) is 0 Å². The molecule has 0 amide bonds. The summed E-state index contributed by atoms with van der Waals surface area (Å²) >= 11 is 0. The van der Waals surface area contributed by atoms with E-state index in [1.54, 1.807) is 0 Å². The maximum atomic E-state index is 10.2. The van der Waals surface area contributed by atoms with Crippen molar-refractivity contribution >= 4 is 0 Å². The van der Waals surface area contributed by atoms with Crippen molar-refractivity contribution in [1.29, 1.82) is 0 Å². The first-order valence-electron chi connectivity index (χ1n) is 6.74. The number of aliphatic hydroxyl groups is 1. The second kappa shape index (κ2) is 5.65. The molecule has 0 aromatic carbocycles. The first-order valence-corrected chi connectivity index (χ1v) is 6.74. The van der Waals surface area contributed by atoms with Gasteiger partial charge in [-0.15, -0.1) is 0 Å². The molecule has 100 valence electrons. The molecule has 0 aliphatic carbocycles. The van der Waals surface area contributed by atoms with Crippen LogP contribution in [0.15, 0.2) is 0 Å². The Hall–Kier alpha value is -0.160. The van der Waals surface area contributed by atoms with Gasteiger partial charge in [-0.3, -0.25) is 0 Å². The summed E-state index contributed by atoms with van der Waals surface area (Å²) < 4.78 is 11.3. The molecule has 0 radical (unpaired) electrons. The van der Waals surface area contributed by atoms with Gasteiger partial charge in [-0.1, -0.05) is 13.8 Å². The van der Waals surface area contributed by atoms with E-state index in [2.05, 4.69) is 19.2 Å². The number of hydrogen-bond donors (Lipinski definition) is 2. The summed E-state index contributed by atoms with van der Waals surface area (Å²) in [5, 5.41) is 13.5. The Labute approximate surface area is 104 Å². The fourth-order valence-corrected chi connectivity index (χ4v) is 2.78. The van der Waals surface area contributed by atoms with Crippen LogP contribution in [0.4, 0.5) is 0 Å². The van der Waals surface area contributed by atoms with Gasteiger partial charge in [0.25, 0.3) is 0 Å². The third-order valence-electron chi connectivity index (χ3n) is 3.88. The van der Waals surface area contributed by atoms with Crippen LogP contribution in [0, 0.1) is 5.92 Å². The van der Waals surface area contributed by atoms with Crippen LogP contribution in [0.5, 0.6) is 0 Å². The minimum absolute atomic E-state index is 0.0955. The molecule has 0 saturated carbocycles. The van der Waals surface area contributed by atoms with E-state index in [1.165, 1.54) is 0 Å². The van der Waals surface area contributed by atoms with Crippen molar-refractivity contribution < 1.29 is 14.6 Å². The molecule has 2 aliphatic rings. The second-order valence-electron chi connectivity index (χ2n) is 5.72. The van der Waals surface area contributed by atoms with Gasteiger partial charge in [-0.05, 0) is 18.8 Å². The van der Waals surface area contributed by atoms with Crippen LogP contribution in [0.3, 0.4) is 0 Å². The molecule has 2 heterocycles. The molecule has 0 bridgehead atoms. The van der Waals surface area contributed by atoms with Crippen molar-refractivity contribution in [2.24, 2.45) is 5.92 Å². The first-order chi connectivity index (χ1) is 8.11. The zero-order valence-electron chi connectivity index (χ0n) is 10.9. The molecule has 0 aromatic heterocycles. The molecular weight excluding hydrogens is 218 g/mol. The highest BCUT2D eigenvalue weighted by molar-refractivity contribution is 4.92. The molecular formula is C13H25NO3. The Morgan fingerprint density at radius 3 is 2.88 bits per heavy atom. The number of aliphatic hydroxyl groups excluding tert-OH is 1. The topological polar surface area (TPSA) is 50.7 Å². The molecule has 2 fully saturated rings. The predicted molar refractivity (Wildman–Crippen MR) is 66.0 cm³/mol. The van der Waals surface area contributed by atoms with E-state index in [9.17, 15) is 5.11 Å². The van der Waals surface area contributed by atoms with Gasteiger partial charge in [0.1, 0.15) is 0 Å². The summed E-state index contributed by atoms with van der Waals surface area (Å²) in [6.45, 7) is 7.14. The number of rotatable bonds is 4. The average molecular weight is 243 g/mol. The minimum Gasteiger partial charge on any atom is -0.392 e. The number of nitrogens with one attached hydrogen (secondary N) is 1. The van der Waals surface area contributed by atoms with Gasteiger partial charge in [0.2, 0.25) is 0 Å². The molecule has 3 atom stereocenters. The van der Waals surface area contributed by atoms with Crippen LogP contribution in [0.1, 0.15) is 33.1 Å². The van der Waals surface area contributed by atoms with E-state index >= 15 is 0 Å². The van der Waals surface area contributed by atoms with Crippen LogP contribution < -0.4 is 5.32 Å². The third kappa shape index (κ3) is 3.41. The van der Waals surface area contributed by atoms with Crippen LogP contribution >= 0.6 is 0 Å². The smallest absolute Gasteiger partial charge is 0.0940 e. The maximum Gasteiger partial charge on any atom is 0.0940 e. The first kappa shape index (κ1) is 13.3. The molecule has 2 rings (SSSR count). The normalized spacial score (nSPS) is 35.6. The summed E-state index contributed by atoms with van der Waals surface area (Å²) in [4.78, 5) is 0. The largest absolute Gasteiger partial charge is 0.392 e. The fourth-order valence-electron chi connectivity index (χ4n) is 2.78. The van der Waals surface area contributed by atoms with Gasteiger partial charge in [0, 0.05) is 32.2 Å². The van der Waals surface area contributed by atoms with Crippen molar-refractivity contribution in [3.05, 3.63) is 0 Å². The Morgan fingerprint density at radius 1 is 1.41 bits per heavy atom. The SMILES string of the molecule is CC(C)NCC(O)C1CCOC2(CCOC2)C1. The highest BCUT2D eigenvalue weighted by Gasteiger charge is 2.42. The van der Waals surface area contributed by atoms with Gasteiger partial charge >= 0.3 is 0 Å². The third-order valence-corrected chi connectivity index (χ3v) is 3.88. The summed E-state index contributed by atoms with van der Waals surface area (Å²) in [6.07, 6.45) is 2.61. The molecule has 0 aromatic rings. The maximum absolute atomic E-state index is 10.2. The highest BCUT2D eigenvalue weighted by atomic mass is 16.6. The molecule has 4 heteroatoms. The van der Waals surface area contributed by atoms with Gasteiger partial charge < -0.3 is 19.9 Å². The zero-order valence-corrected chi connectivity index (χ0v) is 10.9. The molecule has 4 nitrogen and oxygen atoms in total. The Balaban J connectivity index is 1.84. The molecule has 2 N–H and O–H groups in total. The molecule has 3 unspecified atom stereocenters. The fraction of sp³-hybridized carbons (Fsp3) is 1.00. The lowest BCUT2D eigenvalue weighted by molar-refractivity contribution is -0.116. The molecule has 2 aliphatic heterocycles. The lowest BCUT2D eigenvalue weighted by Crippen LogP contribution is -2.46. The second-order valence-corrected chi connectivity index (χ2v) is 5.72. The van der Waals surface area contributed by atoms with E-state index in [0.29, 0.717) is 25.1 Å². The van der Waals surface area contributed by atoms with Crippen molar-refractivity contribution in [2.45, 2.75) is 50.9 Å². The zero-order chi connectivity index (χ0) is 12.3. The Morgan fingerprint density at radius 2 is 2.24 bits per heavy atom. The van der Waals surface area contributed by atoms with Gasteiger partial charge in [0.15, 0.2) is 0 Å². The van der Waals surface area contributed by atoms with Crippen molar-refractivity contribution in [1.82, 2.24) is 5.32 Å². The molecule has 1 spiro atoms. The van der Waals surface area contributed by atoms with Crippen LogP contribution in [0.2, 0.25) is 0 Å². The summed E-state index contributed by atoms with van der Waals surface area (Å²) in [5.41, 5.74) is -0.0955. The van der Waals surface area contributed by atoms with E-state index in [-0.39, 0.29) is 11.7 Å². The molecule has 17 heavy (non-hydrogen) atoms. The quantitative estimate of drug-likeness (QED) is 0.771. The summed E-state index contributed by atoms with van der Waals surface area (Å²) in [6, 6.07) is 0.424. The summed E-state index contributed by atoms with van der Waals surface area (Å²) in [7, 11) is 0. The molecule has 2 saturated heterocycles. The predicted octanol–water partition coefficient (Wildman–Crippen LogP) is 0.931. The van der Waals surface area contributed by atoms with Gasteiger partial charge in [0.05, 0.1) is 18.3 Å². The van der Waals surface area contributed by atoms with Crippen LogP contribution in [-0.4, -0.2) is 49.2 Å². The minimum atomic E-state index is -0.265. The van der Waals surface area contributed by atoms with Crippen molar-refractivity contribution in [3.63, 3.8) is 0 Å². The highest BCUT2D eigenvalue weighted by Crippen LogP contribution is 2.36. The number of hydrogen-bond acceptors (Lipinski definition) is 4. The standard InChI is InChI=1S/C13H25NO3/c1-10(2)14-8-12(15)11-3-5-17-13(7-11)4-6-16-9-13/h10-12,14-15H,3-9H2,1-2H3. The van der Waals surface area contributed by atoms with Crippen LogP contribution in [-0.2, 0) is 9.47 Å².